The topological polar surface area (TPSA) is 63.6 Å². The second-order valence-corrected chi connectivity index (χ2v) is 6.37. The lowest BCUT2D eigenvalue weighted by molar-refractivity contribution is 0.480. The molecule has 4 nitrogen and oxygen atoms in total. The summed E-state index contributed by atoms with van der Waals surface area (Å²) < 4.78 is 35.5. The maximum atomic E-state index is 10.6. The van der Waals surface area contributed by atoms with Crippen LogP contribution in [-0.4, -0.2) is 18.7 Å². The molecule has 0 saturated carbocycles. The Kier molecular flexibility index (Phi) is 5.36. The molecule has 2 rings (SSSR count). The van der Waals surface area contributed by atoms with Crippen LogP contribution < -0.4 is 4.74 Å². The van der Waals surface area contributed by atoms with E-state index in [0.717, 1.165) is 29.9 Å². The number of aryl methyl sites for hydroxylation is 1. The minimum absolute atomic E-state index is 0.178. The molecule has 2 aromatic carbocycles. The second-order valence-electron chi connectivity index (χ2n) is 4.80. The predicted octanol–water partition coefficient (Wildman–Crippen LogP) is 3.69. The third-order valence-electron chi connectivity index (χ3n) is 3.02. The average molecular weight is 306 g/mol. The standard InChI is InChI=1S/C16H18O4S/c17-21(18,19)13-5-4-6-14-9-11-16(12-10-14)20-15-7-2-1-3-8-15/h1-3,7-12H,4-6,13H2,(H,17,18,19). The van der Waals surface area contributed by atoms with E-state index in [4.69, 9.17) is 9.29 Å². The first-order valence-corrected chi connectivity index (χ1v) is 8.41. The van der Waals surface area contributed by atoms with Gasteiger partial charge in [0.1, 0.15) is 11.5 Å². The number of ether oxygens (including phenoxy) is 1. The van der Waals surface area contributed by atoms with Crippen LogP contribution in [0.4, 0.5) is 0 Å². The number of hydrogen-bond donors (Lipinski definition) is 1. The largest absolute Gasteiger partial charge is 0.457 e. The molecule has 2 aromatic rings. The molecule has 0 radical (unpaired) electrons. The third-order valence-corrected chi connectivity index (χ3v) is 3.82. The highest BCUT2D eigenvalue weighted by molar-refractivity contribution is 7.85. The van der Waals surface area contributed by atoms with E-state index < -0.39 is 10.1 Å². The molecule has 0 aliphatic heterocycles. The molecule has 0 atom stereocenters. The lowest BCUT2D eigenvalue weighted by atomic mass is 10.1. The van der Waals surface area contributed by atoms with Crippen LogP contribution in [0.3, 0.4) is 0 Å². The lowest BCUT2D eigenvalue weighted by Gasteiger charge is -2.06. The zero-order chi connectivity index (χ0) is 15.1. The van der Waals surface area contributed by atoms with E-state index in [2.05, 4.69) is 0 Å². The summed E-state index contributed by atoms with van der Waals surface area (Å²) in [4.78, 5) is 0. The highest BCUT2D eigenvalue weighted by atomic mass is 32.2. The maximum absolute atomic E-state index is 10.6. The maximum Gasteiger partial charge on any atom is 0.264 e. The van der Waals surface area contributed by atoms with Gasteiger partial charge in [-0.15, -0.1) is 0 Å². The Labute approximate surface area is 125 Å². The summed E-state index contributed by atoms with van der Waals surface area (Å²) in [6, 6.07) is 17.3. The van der Waals surface area contributed by atoms with Crippen molar-refractivity contribution in [2.24, 2.45) is 0 Å². The van der Waals surface area contributed by atoms with Crippen molar-refractivity contribution in [2.45, 2.75) is 19.3 Å². The summed E-state index contributed by atoms with van der Waals surface area (Å²) in [5.41, 5.74) is 1.12. The monoisotopic (exact) mass is 306 g/mol. The summed E-state index contributed by atoms with van der Waals surface area (Å²) in [6.45, 7) is 0. The molecule has 0 saturated heterocycles. The number of hydrogen-bond acceptors (Lipinski definition) is 3. The Morgan fingerprint density at radius 1 is 0.857 bits per heavy atom. The van der Waals surface area contributed by atoms with Gasteiger partial charge >= 0.3 is 0 Å². The van der Waals surface area contributed by atoms with Crippen LogP contribution in [0.25, 0.3) is 0 Å². The minimum Gasteiger partial charge on any atom is -0.457 e. The average Bonchev–Trinajstić information content (AvgIpc) is 2.45. The van der Waals surface area contributed by atoms with Crippen molar-refractivity contribution in [1.29, 1.82) is 0 Å². The van der Waals surface area contributed by atoms with Crippen molar-refractivity contribution >= 4 is 10.1 Å². The molecule has 0 aliphatic carbocycles. The highest BCUT2D eigenvalue weighted by Gasteiger charge is 2.04. The number of rotatable bonds is 7. The molecule has 0 spiro atoms. The van der Waals surface area contributed by atoms with E-state index in [1.807, 2.05) is 54.6 Å². The van der Waals surface area contributed by atoms with Gasteiger partial charge in [0.15, 0.2) is 0 Å². The fraction of sp³-hybridized carbons (Fsp3) is 0.250. The van der Waals surface area contributed by atoms with Crippen molar-refractivity contribution < 1.29 is 17.7 Å². The van der Waals surface area contributed by atoms with Crippen LogP contribution in [0.5, 0.6) is 11.5 Å². The first-order chi connectivity index (χ1) is 10.0. The molecule has 0 heterocycles. The van der Waals surface area contributed by atoms with Crippen LogP contribution in [-0.2, 0) is 16.5 Å². The van der Waals surface area contributed by atoms with Crippen LogP contribution >= 0.6 is 0 Å². The van der Waals surface area contributed by atoms with Crippen LogP contribution in [0.15, 0.2) is 54.6 Å². The fourth-order valence-corrected chi connectivity index (χ4v) is 2.53. The van der Waals surface area contributed by atoms with Gasteiger partial charge in [-0.1, -0.05) is 30.3 Å². The van der Waals surface area contributed by atoms with E-state index in [1.165, 1.54) is 0 Å². The molecule has 0 amide bonds. The molecule has 0 bridgehead atoms. The Bertz CT molecular complexity index is 648. The number of unbranched alkanes of at least 4 members (excludes halogenated alkanes) is 1. The summed E-state index contributed by atoms with van der Waals surface area (Å²) in [5.74, 6) is 1.38. The zero-order valence-electron chi connectivity index (χ0n) is 11.6. The van der Waals surface area contributed by atoms with Crippen LogP contribution in [0.1, 0.15) is 18.4 Å². The first-order valence-electron chi connectivity index (χ1n) is 6.80. The molecule has 21 heavy (non-hydrogen) atoms. The molecule has 0 fully saturated rings. The van der Waals surface area contributed by atoms with Gasteiger partial charge < -0.3 is 4.74 Å². The van der Waals surface area contributed by atoms with Gasteiger partial charge in [0.25, 0.3) is 10.1 Å². The summed E-state index contributed by atoms with van der Waals surface area (Å²) in [6.07, 6.45) is 1.96. The second kappa shape index (κ2) is 7.24. The van der Waals surface area contributed by atoms with Gasteiger partial charge in [-0.2, -0.15) is 8.42 Å². The Morgan fingerprint density at radius 2 is 1.48 bits per heavy atom. The number of benzene rings is 2. The molecule has 1 N–H and O–H groups in total. The Hall–Kier alpha value is -1.85. The van der Waals surface area contributed by atoms with Gasteiger partial charge in [-0.05, 0) is 49.1 Å². The van der Waals surface area contributed by atoms with E-state index in [1.54, 1.807) is 0 Å². The molecular weight excluding hydrogens is 288 g/mol. The van der Waals surface area contributed by atoms with Gasteiger partial charge in [0.05, 0.1) is 5.75 Å². The van der Waals surface area contributed by atoms with Crippen LogP contribution in [0.2, 0.25) is 0 Å². The predicted molar refractivity (Wildman–Crippen MR) is 82.3 cm³/mol. The minimum atomic E-state index is -3.84. The quantitative estimate of drug-likeness (QED) is 0.626. The molecule has 5 heteroatoms. The lowest BCUT2D eigenvalue weighted by Crippen LogP contribution is -2.03. The molecule has 0 aromatic heterocycles. The molecule has 112 valence electrons. The third kappa shape index (κ3) is 5.97. The number of para-hydroxylation sites is 1. The van der Waals surface area contributed by atoms with E-state index in [0.29, 0.717) is 6.42 Å². The smallest absolute Gasteiger partial charge is 0.264 e. The fourth-order valence-electron chi connectivity index (χ4n) is 1.96. The van der Waals surface area contributed by atoms with E-state index in [-0.39, 0.29) is 5.75 Å². The van der Waals surface area contributed by atoms with E-state index >= 15 is 0 Å². The van der Waals surface area contributed by atoms with Gasteiger partial charge in [-0.25, -0.2) is 0 Å². The normalized spacial score (nSPS) is 11.3. The Balaban J connectivity index is 1.82. The SMILES string of the molecule is O=S(=O)(O)CCCCc1ccc(Oc2ccccc2)cc1. The molecule has 0 unspecified atom stereocenters. The summed E-state index contributed by atoms with van der Waals surface area (Å²) in [7, 11) is -3.84. The van der Waals surface area contributed by atoms with Crippen LogP contribution in [0, 0.1) is 0 Å². The molecule has 0 aliphatic rings. The van der Waals surface area contributed by atoms with Crippen molar-refractivity contribution in [3.05, 3.63) is 60.2 Å². The van der Waals surface area contributed by atoms with Crippen molar-refractivity contribution in [3.63, 3.8) is 0 Å². The van der Waals surface area contributed by atoms with Gasteiger partial charge in [0, 0.05) is 0 Å². The first kappa shape index (κ1) is 15.5. The molecular formula is C16H18O4S. The van der Waals surface area contributed by atoms with E-state index in [9.17, 15) is 8.42 Å². The summed E-state index contributed by atoms with van der Waals surface area (Å²) >= 11 is 0. The van der Waals surface area contributed by atoms with Gasteiger partial charge in [0.2, 0.25) is 0 Å². The van der Waals surface area contributed by atoms with Crippen molar-refractivity contribution in [3.8, 4) is 11.5 Å². The summed E-state index contributed by atoms with van der Waals surface area (Å²) in [5, 5.41) is 0. The van der Waals surface area contributed by atoms with Crippen molar-refractivity contribution in [1.82, 2.24) is 0 Å². The zero-order valence-corrected chi connectivity index (χ0v) is 12.4. The Morgan fingerprint density at radius 3 is 2.10 bits per heavy atom. The highest BCUT2D eigenvalue weighted by Crippen LogP contribution is 2.21. The van der Waals surface area contributed by atoms with Crippen molar-refractivity contribution in [2.75, 3.05) is 5.75 Å². The van der Waals surface area contributed by atoms with Gasteiger partial charge in [-0.3, -0.25) is 4.55 Å².